The van der Waals surface area contributed by atoms with Crippen molar-refractivity contribution in [3.63, 3.8) is 0 Å². The van der Waals surface area contributed by atoms with E-state index in [0.717, 1.165) is 25.9 Å². The van der Waals surface area contributed by atoms with E-state index in [4.69, 9.17) is 16.2 Å². The molecule has 5 N–H and O–H groups in total. The van der Waals surface area contributed by atoms with Gasteiger partial charge in [0.1, 0.15) is 11.6 Å². The molecular formula is C11H21N5O2. The van der Waals surface area contributed by atoms with Gasteiger partial charge in [0.25, 0.3) is 5.62 Å². The van der Waals surface area contributed by atoms with Crippen molar-refractivity contribution in [3.05, 3.63) is 11.7 Å². The summed E-state index contributed by atoms with van der Waals surface area (Å²) in [7, 11) is 0. The van der Waals surface area contributed by atoms with Crippen molar-refractivity contribution < 1.29 is 10.3 Å². The second-order valence-electron chi connectivity index (χ2n) is 4.04. The highest BCUT2D eigenvalue weighted by molar-refractivity contribution is 5.46. The molecule has 1 aromatic rings. The Balaban J connectivity index is 0.000000492. The third kappa shape index (κ3) is 3.63. The van der Waals surface area contributed by atoms with Crippen LogP contribution in [0, 0.1) is 5.41 Å². The van der Waals surface area contributed by atoms with Crippen molar-refractivity contribution in [2.75, 3.05) is 30.3 Å². The van der Waals surface area contributed by atoms with Crippen molar-refractivity contribution >= 4 is 11.6 Å². The first-order valence-corrected chi connectivity index (χ1v) is 6.09. The van der Waals surface area contributed by atoms with Crippen LogP contribution in [0.1, 0.15) is 26.2 Å². The lowest BCUT2D eigenvalue weighted by molar-refractivity contribution is 0.171. The molecule has 2 rings (SSSR count). The molecule has 0 atom stereocenters. The highest BCUT2D eigenvalue weighted by atomic mass is 16.5. The van der Waals surface area contributed by atoms with Crippen LogP contribution in [0.25, 0.3) is 0 Å². The molecule has 0 saturated carbocycles. The monoisotopic (exact) mass is 255 g/mol. The Morgan fingerprint density at radius 2 is 1.94 bits per heavy atom. The average Bonchev–Trinajstić information content (AvgIpc) is 2.37. The first-order chi connectivity index (χ1) is 8.60. The highest BCUT2D eigenvalue weighted by Gasteiger charge is 2.13. The lowest BCUT2D eigenvalue weighted by Gasteiger charge is -2.27. The molecule has 7 nitrogen and oxygen atoms in total. The average molecular weight is 255 g/mol. The normalized spacial score (nSPS) is 14.9. The number of nitrogens with zero attached hydrogens (tertiary/aromatic N) is 3. The quantitative estimate of drug-likeness (QED) is 0.535. The molecule has 1 aromatic heterocycles. The third-order valence-electron chi connectivity index (χ3n) is 2.62. The summed E-state index contributed by atoms with van der Waals surface area (Å²) >= 11 is 0. The minimum Gasteiger partial charge on any atom is -0.423 e. The third-order valence-corrected chi connectivity index (χ3v) is 2.62. The fraction of sp³-hybridized carbons (Fsp3) is 0.636. The van der Waals surface area contributed by atoms with Crippen LogP contribution in [0.5, 0.6) is 0 Å². The summed E-state index contributed by atoms with van der Waals surface area (Å²) in [6.07, 6.45) is 3.53. The van der Waals surface area contributed by atoms with Crippen LogP contribution in [-0.4, -0.2) is 39.7 Å². The van der Waals surface area contributed by atoms with Gasteiger partial charge in [0, 0.05) is 25.8 Å². The molecule has 0 unspecified atom stereocenters. The number of rotatable bonds is 1. The minimum atomic E-state index is -0.226. The number of aromatic nitrogens is 2. The second kappa shape index (κ2) is 6.85. The van der Waals surface area contributed by atoms with E-state index in [0.29, 0.717) is 10.5 Å². The predicted molar refractivity (Wildman–Crippen MR) is 68.5 cm³/mol. The summed E-state index contributed by atoms with van der Waals surface area (Å²) in [5.74, 6) is 0.832. The summed E-state index contributed by atoms with van der Waals surface area (Å²) < 4.78 is 0.577. The largest absolute Gasteiger partial charge is 0.423 e. The van der Waals surface area contributed by atoms with E-state index in [9.17, 15) is 5.21 Å². The van der Waals surface area contributed by atoms with E-state index < -0.39 is 0 Å². The second-order valence-corrected chi connectivity index (χ2v) is 4.04. The van der Waals surface area contributed by atoms with Gasteiger partial charge in [-0.1, -0.05) is 0 Å². The van der Waals surface area contributed by atoms with Crippen molar-refractivity contribution in [3.8, 4) is 0 Å². The Bertz CT molecular complexity index is 426. The summed E-state index contributed by atoms with van der Waals surface area (Å²) in [5, 5.41) is 24.2. The van der Waals surface area contributed by atoms with Gasteiger partial charge in [-0.25, -0.2) is 0 Å². The molecule has 0 radical (unpaired) electrons. The van der Waals surface area contributed by atoms with Gasteiger partial charge < -0.3 is 20.9 Å². The molecule has 0 bridgehead atoms. The van der Waals surface area contributed by atoms with Gasteiger partial charge in [0.15, 0.2) is 0 Å². The Kier molecular flexibility index (Phi) is 5.44. The Hall–Kier alpha value is -1.76. The Morgan fingerprint density at radius 1 is 1.39 bits per heavy atom. The van der Waals surface area contributed by atoms with Gasteiger partial charge in [-0.15, -0.1) is 4.73 Å². The standard InChI is InChI=1S/C9H15N5O.C2H6O/c10-7-6-8(12-9(11)14(7)15)13-4-2-1-3-5-13;1-2-3/h6,11,15H,1-5,10H2;3H,2H2,1H3. The van der Waals surface area contributed by atoms with Crippen molar-refractivity contribution in [2.24, 2.45) is 0 Å². The first-order valence-electron chi connectivity index (χ1n) is 6.09. The molecule has 0 aromatic carbocycles. The molecule has 0 spiro atoms. The zero-order chi connectivity index (χ0) is 13.5. The number of anilines is 2. The van der Waals surface area contributed by atoms with Gasteiger partial charge in [-0.05, 0) is 26.2 Å². The molecule has 1 fully saturated rings. The molecule has 0 aliphatic carbocycles. The number of aliphatic hydroxyl groups excluding tert-OH is 1. The number of hydrogen-bond donors (Lipinski definition) is 4. The number of aliphatic hydroxyl groups is 1. The molecule has 1 saturated heterocycles. The Morgan fingerprint density at radius 3 is 2.44 bits per heavy atom. The lowest BCUT2D eigenvalue weighted by atomic mass is 10.1. The zero-order valence-corrected chi connectivity index (χ0v) is 10.6. The summed E-state index contributed by atoms with van der Waals surface area (Å²) in [4.78, 5) is 6.08. The topological polar surface area (TPSA) is 111 Å². The minimum absolute atomic E-state index is 0.149. The molecule has 0 amide bonds. The van der Waals surface area contributed by atoms with Crippen LogP contribution >= 0.6 is 0 Å². The van der Waals surface area contributed by atoms with E-state index in [-0.39, 0.29) is 18.0 Å². The smallest absolute Gasteiger partial charge is 0.259 e. The maximum Gasteiger partial charge on any atom is 0.259 e. The van der Waals surface area contributed by atoms with Gasteiger partial charge >= 0.3 is 0 Å². The number of nitrogen functional groups attached to an aromatic ring is 1. The number of hydrogen-bond acceptors (Lipinski definition) is 6. The van der Waals surface area contributed by atoms with Crippen LogP contribution in [0.2, 0.25) is 0 Å². The van der Waals surface area contributed by atoms with E-state index in [1.54, 1.807) is 13.0 Å². The molecule has 2 heterocycles. The van der Waals surface area contributed by atoms with Crippen LogP contribution in [0.3, 0.4) is 0 Å². The summed E-state index contributed by atoms with van der Waals surface area (Å²) in [6, 6.07) is 1.60. The Labute approximate surface area is 106 Å². The molecule has 1 aliphatic heterocycles. The summed E-state index contributed by atoms with van der Waals surface area (Å²) in [5.41, 5.74) is 5.33. The van der Waals surface area contributed by atoms with Crippen LogP contribution in [0.4, 0.5) is 11.6 Å². The molecule has 7 heteroatoms. The van der Waals surface area contributed by atoms with E-state index in [2.05, 4.69) is 9.88 Å². The molecular weight excluding hydrogens is 234 g/mol. The molecule has 18 heavy (non-hydrogen) atoms. The van der Waals surface area contributed by atoms with Crippen molar-refractivity contribution in [1.82, 2.24) is 9.71 Å². The van der Waals surface area contributed by atoms with Gasteiger partial charge in [-0.2, -0.15) is 4.98 Å². The molecule has 102 valence electrons. The summed E-state index contributed by atoms with van der Waals surface area (Å²) in [6.45, 7) is 3.82. The SMILES string of the molecule is CCO.N=c1nc(N2CCCCC2)cc(N)n1O. The maximum absolute atomic E-state index is 9.25. The van der Waals surface area contributed by atoms with Crippen LogP contribution in [-0.2, 0) is 0 Å². The highest BCUT2D eigenvalue weighted by Crippen LogP contribution is 2.17. The van der Waals surface area contributed by atoms with Gasteiger partial charge in [0.05, 0.1) is 0 Å². The number of nitrogens with one attached hydrogen (secondary N) is 1. The van der Waals surface area contributed by atoms with Crippen LogP contribution in [0.15, 0.2) is 6.07 Å². The number of nitrogens with two attached hydrogens (primary N) is 1. The lowest BCUT2D eigenvalue weighted by Crippen LogP contribution is -2.33. The van der Waals surface area contributed by atoms with Crippen LogP contribution < -0.4 is 16.3 Å². The van der Waals surface area contributed by atoms with E-state index >= 15 is 0 Å². The van der Waals surface area contributed by atoms with E-state index in [1.165, 1.54) is 6.42 Å². The van der Waals surface area contributed by atoms with E-state index in [1.807, 2.05) is 0 Å². The fourth-order valence-electron chi connectivity index (χ4n) is 1.79. The maximum atomic E-state index is 9.25. The van der Waals surface area contributed by atoms with Gasteiger partial charge in [-0.3, -0.25) is 5.41 Å². The predicted octanol–water partition coefficient (Wildman–Crippen LogP) is 0.171. The molecule has 1 aliphatic rings. The zero-order valence-electron chi connectivity index (χ0n) is 10.6. The van der Waals surface area contributed by atoms with Gasteiger partial charge in [0.2, 0.25) is 0 Å². The van der Waals surface area contributed by atoms with Crippen molar-refractivity contribution in [1.29, 1.82) is 5.41 Å². The van der Waals surface area contributed by atoms with Crippen molar-refractivity contribution in [2.45, 2.75) is 26.2 Å². The fourth-order valence-corrected chi connectivity index (χ4v) is 1.79. The number of piperidine rings is 1. The first kappa shape index (κ1) is 14.3.